The molecule has 0 saturated carbocycles. The molecular weight excluding hydrogens is 637 g/mol. The van der Waals surface area contributed by atoms with Crippen molar-refractivity contribution in [2.75, 3.05) is 69.4 Å². The number of carbonyl (C=O) groups is 3. The summed E-state index contributed by atoms with van der Waals surface area (Å²) in [5.41, 5.74) is 13.7. The van der Waals surface area contributed by atoms with E-state index in [1.807, 2.05) is 0 Å². The number of likely N-dealkylation sites (N-methyl/N-ethyl adjacent to an activating group) is 1. The van der Waals surface area contributed by atoms with Crippen molar-refractivity contribution in [1.29, 1.82) is 0 Å². The smallest absolute Gasteiger partial charge is 0.312 e. The van der Waals surface area contributed by atoms with Gasteiger partial charge in [-0.25, -0.2) is 9.37 Å². The van der Waals surface area contributed by atoms with Crippen molar-refractivity contribution < 1.29 is 28.2 Å². The molecule has 3 rings (SSSR count). The highest BCUT2D eigenvalue weighted by molar-refractivity contribution is 8.03. The number of ether oxygens (including phenoxy) is 2. The number of allylic oxidation sites excluding steroid dienone is 1. The van der Waals surface area contributed by atoms with Crippen molar-refractivity contribution in [3.8, 4) is 0 Å². The molecule has 0 radical (unpaired) electrons. The number of esters is 1. The molecule has 1 atom stereocenters. The minimum atomic E-state index is -0.566. The molecule has 6 N–H and O–H groups in total. The highest BCUT2D eigenvalue weighted by Crippen LogP contribution is 2.25. The fraction of sp³-hybridized carbons (Fsp3) is 0.419. The van der Waals surface area contributed by atoms with E-state index in [-0.39, 0.29) is 47.6 Å². The van der Waals surface area contributed by atoms with Crippen LogP contribution in [0.1, 0.15) is 25.3 Å². The number of amides is 1. The van der Waals surface area contributed by atoms with Gasteiger partial charge < -0.3 is 41.4 Å². The third-order valence-corrected chi connectivity index (χ3v) is 8.28. The number of hydrogen-bond donors (Lipinski definition) is 4. The predicted octanol–water partition coefficient (Wildman–Crippen LogP) is 3.47. The number of thioether (sulfide) groups is 1. The Morgan fingerprint density at radius 1 is 1.17 bits per heavy atom. The lowest BCUT2D eigenvalue weighted by atomic mass is 10.1. The molecule has 1 saturated heterocycles. The number of hydrogen-bond acceptors (Lipinski definition) is 12. The summed E-state index contributed by atoms with van der Waals surface area (Å²) in [4.78, 5) is 44.2. The molecule has 0 bridgehead atoms. The van der Waals surface area contributed by atoms with Gasteiger partial charge in [0.25, 0.3) is 6.47 Å². The molecule has 0 spiro atoms. The van der Waals surface area contributed by atoms with E-state index in [1.54, 1.807) is 19.1 Å². The maximum Gasteiger partial charge on any atom is 0.312 e. The Labute approximate surface area is 277 Å². The van der Waals surface area contributed by atoms with Crippen molar-refractivity contribution in [3.05, 3.63) is 69.7 Å². The number of nitrogens with zero attached hydrogens (tertiary/aromatic N) is 3. The van der Waals surface area contributed by atoms with Crippen LogP contribution < -0.4 is 22.1 Å². The summed E-state index contributed by atoms with van der Waals surface area (Å²) >= 11 is 7.25. The summed E-state index contributed by atoms with van der Waals surface area (Å²) in [6, 6.07) is 7.36. The molecule has 1 aliphatic heterocycles. The second-order valence-corrected chi connectivity index (χ2v) is 12.1. The first-order valence-electron chi connectivity index (χ1n) is 14.8. The van der Waals surface area contributed by atoms with Gasteiger partial charge in [-0.15, -0.1) is 11.8 Å². The summed E-state index contributed by atoms with van der Waals surface area (Å²) < 4.78 is 24.6. The Morgan fingerprint density at radius 2 is 1.93 bits per heavy atom. The number of nitrogens with two attached hydrogens (primary N) is 2. The largest absolute Gasteiger partial charge is 0.467 e. The van der Waals surface area contributed by atoms with Crippen LogP contribution >= 0.6 is 23.4 Å². The zero-order chi connectivity index (χ0) is 33.5. The van der Waals surface area contributed by atoms with Gasteiger partial charge in [-0.3, -0.25) is 14.4 Å². The Bertz CT molecular complexity index is 1410. The summed E-state index contributed by atoms with van der Waals surface area (Å²) in [7, 11) is 2.08. The number of piperazine rings is 1. The number of rotatable bonds is 17. The molecule has 12 nitrogen and oxygen atoms in total. The van der Waals surface area contributed by atoms with E-state index in [4.69, 9.17) is 32.5 Å². The number of benzene rings is 1. The molecule has 1 aromatic heterocycles. The average molecular weight is 678 g/mol. The lowest BCUT2D eigenvalue weighted by molar-refractivity contribution is -0.151. The predicted molar refractivity (Wildman–Crippen MR) is 179 cm³/mol. The van der Waals surface area contributed by atoms with Gasteiger partial charge in [-0.1, -0.05) is 18.5 Å². The molecule has 1 aromatic carbocycles. The standard InChI is InChI=1S/C31H41ClFN7O5S/c1-3-21(19-44-20-41)31(43)45-14-15-46-30(35)27(18-26(34)24-16-22(32)4-5-25(24)33)37-23-6-8-36-28(17-23)38-29(42)7-9-40-12-10-39(2)11-13-40/h4-6,8,16-18,20-21H,3,7,9-15,19,34-35H2,1-2H3,(H2,36,37,38,42)/b26-18-,30-27-. The molecule has 15 heteroatoms. The molecule has 46 heavy (non-hydrogen) atoms. The van der Waals surface area contributed by atoms with Gasteiger partial charge in [-0.05, 0) is 43.8 Å². The first-order chi connectivity index (χ1) is 22.1. The summed E-state index contributed by atoms with van der Waals surface area (Å²) in [5.74, 6) is -1.15. The Morgan fingerprint density at radius 3 is 2.65 bits per heavy atom. The minimum Gasteiger partial charge on any atom is -0.467 e. The average Bonchev–Trinajstić information content (AvgIpc) is 3.04. The van der Waals surface area contributed by atoms with Gasteiger partial charge in [0.05, 0.1) is 16.6 Å². The first-order valence-corrected chi connectivity index (χ1v) is 16.2. The van der Waals surface area contributed by atoms with Gasteiger partial charge in [0.1, 0.15) is 24.8 Å². The summed E-state index contributed by atoms with van der Waals surface area (Å²) in [6.07, 6.45) is 3.78. The van der Waals surface area contributed by atoms with E-state index in [0.717, 1.165) is 26.2 Å². The third kappa shape index (κ3) is 12.2. The fourth-order valence-corrected chi connectivity index (χ4v) is 5.21. The molecule has 1 fully saturated rings. The van der Waals surface area contributed by atoms with Gasteiger partial charge >= 0.3 is 5.97 Å². The van der Waals surface area contributed by atoms with Crippen molar-refractivity contribution >= 4 is 58.9 Å². The Kier molecular flexibility index (Phi) is 15.1. The van der Waals surface area contributed by atoms with Gasteiger partial charge in [-0.2, -0.15) is 0 Å². The van der Waals surface area contributed by atoms with Crippen molar-refractivity contribution in [1.82, 2.24) is 14.8 Å². The maximum atomic E-state index is 14.6. The van der Waals surface area contributed by atoms with Gasteiger partial charge in [0.2, 0.25) is 5.91 Å². The lowest BCUT2D eigenvalue weighted by Crippen LogP contribution is -2.45. The Hall–Kier alpha value is -3.85. The monoisotopic (exact) mass is 677 g/mol. The number of aromatic nitrogens is 1. The number of carbonyl (C=O) groups excluding carboxylic acids is 3. The quantitative estimate of drug-likeness (QED) is 0.0835. The van der Waals surface area contributed by atoms with E-state index in [2.05, 4.69) is 32.5 Å². The van der Waals surface area contributed by atoms with Crippen molar-refractivity contribution in [2.24, 2.45) is 17.4 Å². The topological polar surface area (TPSA) is 165 Å². The van der Waals surface area contributed by atoms with E-state index >= 15 is 0 Å². The van der Waals surface area contributed by atoms with E-state index in [1.165, 1.54) is 42.2 Å². The normalized spacial score (nSPS) is 15.4. The van der Waals surface area contributed by atoms with Crippen LogP contribution in [0.5, 0.6) is 0 Å². The molecule has 1 amide bonds. The van der Waals surface area contributed by atoms with Crippen LogP contribution in [0, 0.1) is 11.7 Å². The molecular formula is C31H41ClFN7O5S. The molecule has 250 valence electrons. The zero-order valence-electron chi connectivity index (χ0n) is 26.0. The van der Waals surface area contributed by atoms with Crippen LogP contribution in [0.15, 0.2) is 53.3 Å². The molecule has 2 heterocycles. The highest BCUT2D eigenvalue weighted by atomic mass is 35.5. The second-order valence-electron chi connectivity index (χ2n) is 10.6. The van der Waals surface area contributed by atoms with Crippen molar-refractivity contribution in [2.45, 2.75) is 19.8 Å². The van der Waals surface area contributed by atoms with Crippen LogP contribution in [-0.4, -0.2) is 91.9 Å². The Balaban J connectivity index is 1.71. The highest BCUT2D eigenvalue weighted by Gasteiger charge is 2.19. The van der Waals surface area contributed by atoms with Crippen LogP contribution in [0.4, 0.5) is 15.9 Å². The lowest BCUT2D eigenvalue weighted by Gasteiger charge is -2.32. The van der Waals surface area contributed by atoms with E-state index in [0.29, 0.717) is 41.6 Å². The number of pyridine rings is 1. The van der Waals surface area contributed by atoms with Crippen LogP contribution in [0.2, 0.25) is 5.02 Å². The van der Waals surface area contributed by atoms with Crippen LogP contribution in [0.25, 0.3) is 5.70 Å². The number of halogens is 2. The van der Waals surface area contributed by atoms with Gasteiger partial charge in [0, 0.05) is 79.1 Å². The summed E-state index contributed by atoms with van der Waals surface area (Å²) in [5, 5.41) is 6.59. The molecule has 1 aliphatic rings. The minimum absolute atomic E-state index is 0.0384. The molecule has 1 unspecified atom stereocenters. The van der Waals surface area contributed by atoms with E-state index < -0.39 is 17.7 Å². The number of anilines is 2. The van der Waals surface area contributed by atoms with Crippen LogP contribution in [-0.2, 0) is 23.9 Å². The van der Waals surface area contributed by atoms with Gasteiger partial charge in [0.15, 0.2) is 0 Å². The zero-order valence-corrected chi connectivity index (χ0v) is 27.5. The second kappa shape index (κ2) is 19.0. The van der Waals surface area contributed by atoms with E-state index in [9.17, 15) is 18.8 Å². The maximum absolute atomic E-state index is 14.6. The molecule has 0 aliphatic carbocycles. The van der Waals surface area contributed by atoms with Crippen molar-refractivity contribution in [3.63, 3.8) is 0 Å². The molecule has 2 aromatic rings. The number of nitrogens with one attached hydrogen (secondary N) is 2. The SMILES string of the molecule is CCC(COC=O)C(=O)OCCS/C(N)=C(/C=C(\N)c1cc(Cl)ccc1F)Nc1ccnc(NC(=O)CCN2CCN(C)CC2)c1. The van der Waals surface area contributed by atoms with Crippen LogP contribution in [0.3, 0.4) is 0 Å². The summed E-state index contributed by atoms with van der Waals surface area (Å²) in [6.45, 7) is 6.50. The first kappa shape index (κ1) is 36.6. The fourth-order valence-electron chi connectivity index (χ4n) is 4.39. The third-order valence-electron chi connectivity index (χ3n) is 7.14.